The summed E-state index contributed by atoms with van der Waals surface area (Å²) in [5.41, 5.74) is 1.64. The van der Waals surface area contributed by atoms with Crippen LogP contribution in [-0.4, -0.2) is 6.29 Å². The molecule has 0 radical (unpaired) electrons. The molecule has 0 unspecified atom stereocenters. The summed E-state index contributed by atoms with van der Waals surface area (Å²) in [4.78, 5) is 10.8. The third-order valence-electron chi connectivity index (χ3n) is 2.06. The molecular formula is C10H6Cl2OS. The Bertz CT molecular complexity index is 490. The Balaban J connectivity index is 2.87. The van der Waals surface area contributed by atoms with Gasteiger partial charge in [-0.05, 0) is 5.56 Å². The van der Waals surface area contributed by atoms with Gasteiger partial charge in [0.25, 0.3) is 0 Å². The van der Waals surface area contributed by atoms with Crippen molar-refractivity contribution in [1.82, 2.24) is 0 Å². The van der Waals surface area contributed by atoms with E-state index in [0.29, 0.717) is 16.5 Å². The Morgan fingerprint density at radius 2 is 2.21 bits per heavy atom. The van der Waals surface area contributed by atoms with Crippen molar-refractivity contribution in [2.75, 3.05) is 0 Å². The molecule has 1 heterocycles. The predicted octanol–water partition coefficient (Wildman–Crippen LogP) is 4.11. The Morgan fingerprint density at radius 1 is 1.43 bits per heavy atom. The first kappa shape index (κ1) is 9.97. The van der Waals surface area contributed by atoms with Gasteiger partial charge in [-0.25, -0.2) is 0 Å². The number of fused-ring (bicyclic) bond motifs is 1. The minimum atomic E-state index is 0.437. The first-order valence-electron chi connectivity index (χ1n) is 3.97. The Hall–Kier alpha value is -0.570. The zero-order chi connectivity index (χ0) is 10.1. The third-order valence-corrected chi connectivity index (χ3v) is 3.83. The lowest BCUT2D eigenvalue weighted by Crippen LogP contribution is -1.84. The maximum absolute atomic E-state index is 10.8. The van der Waals surface area contributed by atoms with Crippen LogP contribution >= 0.6 is 34.5 Å². The van der Waals surface area contributed by atoms with Gasteiger partial charge in [0.2, 0.25) is 0 Å². The molecule has 1 nitrogen and oxygen atoms in total. The van der Waals surface area contributed by atoms with Crippen LogP contribution in [0.2, 0.25) is 5.02 Å². The molecule has 0 bridgehead atoms. The molecule has 0 aliphatic heterocycles. The number of aldehydes is 1. The fourth-order valence-corrected chi connectivity index (χ4v) is 3.07. The predicted molar refractivity (Wildman–Crippen MR) is 61.8 cm³/mol. The number of alkyl halides is 1. The first-order chi connectivity index (χ1) is 6.77. The van der Waals surface area contributed by atoms with E-state index in [1.165, 1.54) is 11.3 Å². The van der Waals surface area contributed by atoms with Gasteiger partial charge in [0, 0.05) is 26.9 Å². The van der Waals surface area contributed by atoms with E-state index in [1.807, 2.05) is 11.4 Å². The lowest BCUT2D eigenvalue weighted by Gasteiger charge is -2.00. The lowest BCUT2D eigenvalue weighted by atomic mass is 10.1. The lowest BCUT2D eigenvalue weighted by molar-refractivity contribution is 0.112. The number of carbonyl (C=O) groups excluding carboxylic acids is 1. The van der Waals surface area contributed by atoms with Gasteiger partial charge in [0.05, 0.1) is 5.02 Å². The van der Waals surface area contributed by atoms with Gasteiger partial charge in [-0.2, -0.15) is 0 Å². The smallest absolute Gasteiger partial charge is 0.150 e. The third kappa shape index (κ3) is 1.44. The van der Waals surface area contributed by atoms with E-state index in [-0.39, 0.29) is 0 Å². The number of rotatable bonds is 2. The van der Waals surface area contributed by atoms with Gasteiger partial charge >= 0.3 is 0 Å². The second-order valence-electron chi connectivity index (χ2n) is 2.85. The van der Waals surface area contributed by atoms with Gasteiger partial charge in [-0.15, -0.1) is 22.9 Å². The molecular weight excluding hydrogens is 239 g/mol. The van der Waals surface area contributed by atoms with Gasteiger partial charge < -0.3 is 0 Å². The highest BCUT2D eigenvalue weighted by atomic mass is 35.5. The molecule has 72 valence electrons. The van der Waals surface area contributed by atoms with Gasteiger partial charge in [0.1, 0.15) is 0 Å². The molecule has 0 amide bonds. The second kappa shape index (κ2) is 3.89. The van der Waals surface area contributed by atoms with E-state index in [0.717, 1.165) is 21.9 Å². The van der Waals surface area contributed by atoms with Crippen molar-refractivity contribution in [1.29, 1.82) is 0 Å². The largest absolute Gasteiger partial charge is 0.298 e. The van der Waals surface area contributed by atoms with Gasteiger partial charge in [-0.1, -0.05) is 23.7 Å². The number of halogens is 2. The molecule has 4 heteroatoms. The summed E-state index contributed by atoms with van der Waals surface area (Å²) in [6.45, 7) is 0. The highest BCUT2D eigenvalue weighted by Crippen LogP contribution is 2.35. The molecule has 0 fully saturated rings. The van der Waals surface area contributed by atoms with E-state index in [4.69, 9.17) is 23.2 Å². The Labute approximate surface area is 95.3 Å². The molecule has 2 aromatic rings. The van der Waals surface area contributed by atoms with Crippen molar-refractivity contribution >= 4 is 50.9 Å². The van der Waals surface area contributed by atoms with Gasteiger partial charge in [-0.3, -0.25) is 4.79 Å². The Morgan fingerprint density at radius 3 is 2.86 bits per heavy atom. The van der Waals surface area contributed by atoms with Gasteiger partial charge in [0.15, 0.2) is 6.29 Å². The first-order valence-corrected chi connectivity index (χ1v) is 5.77. The molecule has 0 aliphatic carbocycles. The Kier molecular flexibility index (Phi) is 2.77. The molecule has 0 saturated carbocycles. The molecule has 1 aromatic heterocycles. The van der Waals surface area contributed by atoms with Crippen LogP contribution in [0.25, 0.3) is 10.1 Å². The van der Waals surface area contributed by atoms with Crippen molar-refractivity contribution in [2.45, 2.75) is 5.88 Å². The highest BCUT2D eigenvalue weighted by Gasteiger charge is 2.10. The maximum Gasteiger partial charge on any atom is 0.150 e. The quantitative estimate of drug-likeness (QED) is 0.574. The fourth-order valence-electron chi connectivity index (χ4n) is 1.40. The molecule has 14 heavy (non-hydrogen) atoms. The summed E-state index contributed by atoms with van der Waals surface area (Å²) in [5.74, 6) is 0.437. The van der Waals surface area contributed by atoms with Crippen molar-refractivity contribution in [3.63, 3.8) is 0 Å². The summed E-state index contributed by atoms with van der Waals surface area (Å²) < 4.78 is 1.01. The molecule has 0 N–H and O–H groups in total. The van der Waals surface area contributed by atoms with Crippen molar-refractivity contribution in [2.24, 2.45) is 0 Å². The summed E-state index contributed by atoms with van der Waals surface area (Å²) in [6.07, 6.45) is 0.818. The molecule has 0 aliphatic rings. The zero-order valence-corrected chi connectivity index (χ0v) is 9.42. The minimum absolute atomic E-state index is 0.437. The van der Waals surface area contributed by atoms with Crippen molar-refractivity contribution < 1.29 is 4.79 Å². The summed E-state index contributed by atoms with van der Waals surface area (Å²) in [6, 6.07) is 3.62. The van der Waals surface area contributed by atoms with Crippen LogP contribution in [0.5, 0.6) is 0 Å². The molecule has 0 spiro atoms. The van der Waals surface area contributed by atoms with E-state index in [9.17, 15) is 4.79 Å². The molecule has 1 aromatic carbocycles. The number of hydrogen-bond acceptors (Lipinski definition) is 2. The molecule has 0 atom stereocenters. The second-order valence-corrected chi connectivity index (χ2v) is 4.41. The van der Waals surface area contributed by atoms with E-state index >= 15 is 0 Å². The maximum atomic E-state index is 10.8. The van der Waals surface area contributed by atoms with Crippen LogP contribution in [0.15, 0.2) is 17.5 Å². The monoisotopic (exact) mass is 244 g/mol. The number of benzene rings is 1. The SMILES string of the molecule is O=Cc1ccc(CCl)c2scc(Cl)c12. The van der Waals surface area contributed by atoms with Crippen LogP contribution in [0, 0.1) is 0 Å². The highest BCUT2D eigenvalue weighted by molar-refractivity contribution is 7.18. The minimum Gasteiger partial charge on any atom is -0.298 e. The summed E-state index contributed by atoms with van der Waals surface area (Å²) in [5, 5.41) is 3.28. The fraction of sp³-hybridized carbons (Fsp3) is 0.100. The average molecular weight is 245 g/mol. The van der Waals surface area contributed by atoms with Crippen LogP contribution < -0.4 is 0 Å². The van der Waals surface area contributed by atoms with Crippen LogP contribution in [0.3, 0.4) is 0 Å². The van der Waals surface area contributed by atoms with Crippen LogP contribution in [-0.2, 0) is 5.88 Å². The number of carbonyl (C=O) groups is 1. The van der Waals surface area contributed by atoms with E-state index < -0.39 is 0 Å². The van der Waals surface area contributed by atoms with E-state index in [2.05, 4.69) is 0 Å². The molecule has 0 saturated heterocycles. The number of thiophene rings is 1. The van der Waals surface area contributed by atoms with Crippen molar-refractivity contribution in [3.8, 4) is 0 Å². The standard InChI is InChI=1S/C10H6Cl2OS/c11-3-6-1-2-7(4-13)9-8(12)5-14-10(6)9/h1-2,4-5H,3H2. The normalized spacial score (nSPS) is 10.7. The van der Waals surface area contributed by atoms with Crippen LogP contribution in [0.1, 0.15) is 15.9 Å². The summed E-state index contributed by atoms with van der Waals surface area (Å²) >= 11 is 13.3. The topological polar surface area (TPSA) is 17.1 Å². The molecule has 2 rings (SSSR count). The average Bonchev–Trinajstić information content (AvgIpc) is 2.60. The van der Waals surface area contributed by atoms with E-state index in [1.54, 1.807) is 6.07 Å². The van der Waals surface area contributed by atoms with Crippen LogP contribution in [0.4, 0.5) is 0 Å². The summed E-state index contributed by atoms with van der Waals surface area (Å²) in [7, 11) is 0. The number of hydrogen-bond donors (Lipinski definition) is 0. The van der Waals surface area contributed by atoms with Crippen molar-refractivity contribution in [3.05, 3.63) is 33.7 Å². The zero-order valence-electron chi connectivity index (χ0n) is 7.09.